The number of rotatable bonds is 3. The number of halogens is 1. The first kappa shape index (κ1) is 11.0. The Morgan fingerprint density at radius 1 is 1.53 bits per heavy atom. The summed E-state index contributed by atoms with van der Waals surface area (Å²) in [4.78, 5) is 11.2. The predicted molar refractivity (Wildman–Crippen MR) is 65.6 cm³/mol. The van der Waals surface area contributed by atoms with Gasteiger partial charge in [0.25, 0.3) is 0 Å². The summed E-state index contributed by atoms with van der Waals surface area (Å²) in [5.41, 5.74) is 1.16. The smallest absolute Gasteiger partial charge is 0.136 e. The standard InChI is InChI=1S/C12H13ClOS/c13-11-4-1-3-10(7-11)8-12(9-14)5-2-6-15-12/h1,3-4,7,9H,2,5-6,8H2. The monoisotopic (exact) mass is 240 g/mol. The van der Waals surface area contributed by atoms with Crippen molar-refractivity contribution in [1.29, 1.82) is 0 Å². The highest BCUT2D eigenvalue weighted by Crippen LogP contribution is 2.39. The molecule has 1 nitrogen and oxygen atoms in total. The second kappa shape index (κ2) is 4.58. The first-order valence-corrected chi connectivity index (χ1v) is 6.45. The van der Waals surface area contributed by atoms with E-state index in [0.717, 1.165) is 41.9 Å². The van der Waals surface area contributed by atoms with Crippen LogP contribution in [-0.2, 0) is 11.2 Å². The van der Waals surface area contributed by atoms with Gasteiger partial charge in [0.1, 0.15) is 6.29 Å². The molecule has 1 aromatic rings. The largest absolute Gasteiger partial charge is 0.302 e. The number of hydrogen-bond donors (Lipinski definition) is 0. The number of carbonyl (C=O) groups is 1. The van der Waals surface area contributed by atoms with Crippen LogP contribution < -0.4 is 0 Å². The predicted octanol–water partition coefficient (Wildman–Crippen LogP) is 3.35. The van der Waals surface area contributed by atoms with Crippen molar-refractivity contribution >= 4 is 29.6 Å². The van der Waals surface area contributed by atoms with Gasteiger partial charge in [-0.05, 0) is 42.7 Å². The van der Waals surface area contributed by atoms with Crippen LogP contribution in [0.3, 0.4) is 0 Å². The summed E-state index contributed by atoms with van der Waals surface area (Å²) in [6.07, 6.45) is 4.06. The van der Waals surface area contributed by atoms with Crippen LogP contribution in [0.2, 0.25) is 5.02 Å². The molecule has 1 aliphatic rings. The van der Waals surface area contributed by atoms with Crippen molar-refractivity contribution in [3.05, 3.63) is 34.9 Å². The lowest BCUT2D eigenvalue weighted by molar-refractivity contribution is -0.109. The Morgan fingerprint density at radius 3 is 3.00 bits per heavy atom. The first-order chi connectivity index (χ1) is 7.24. The molecular formula is C12H13ClOS. The molecule has 0 radical (unpaired) electrons. The summed E-state index contributed by atoms with van der Waals surface area (Å²) in [6, 6.07) is 7.79. The molecule has 15 heavy (non-hydrogen) atoms. The summed E-state index contributed by atoms with van der Waals surface area (Å²) in [5.74, 6) is 1.10. The van der Waals surface area contributed by atoms with Gasteiger partial charge in [0, 0.05) is 5.02 Å². The Hall–Kier alpha value is -0.470. The molecule has 1 saturated heterocycles. The van der Waals surface area contributed by atoms with Gasteiger partial charge in [0.2, 0.25) is 0 Å². The van der Waals surface area contributed by atoms with Crippen molar-refractivity contribution in [2.75, 3.05) is 5.75 Å². The minimum Gasteiger partial charge on any atom is -0.302 e. The number of carbonyl (C=O) groups excluding carboxylic acids is 1. The zero-order valence-corrected chi connectivity index (χ0v) is 9.98. The highest BCUT2D eigenvalue weighted by atomic mass is 35.5. The molecule has 0 N–H and O–H groups in total. The van der Waals surface area contributed by atoms with Gasteiger partial charge in [-0.1, -0.05) is 23.7 Å². The Bertz CT molecular complexity index is 358. The molecule has 0 saturated carbocycles. The van der Waals surface area contributed by atoms with Crippen molar-refractivity contribution in [2.45, 2.75) is 24.0 Å². The van der Waals surface area contributed by atoms with Crippen LogP contribution in [0.1, 0.15) is 18.4 Å². The van der Waals surface area contributed by atoms with Gasteiger partial charge < -0.3 is 4.79 Å². The minimum absolute atomic E-state index is 0.190. The van der Waals surface area contributed by atoms with E-state index in [1.54, 1.807) is 11.8 Å². The molecule has 0 amide bonds. The van der Waals surface area contributed by atoms with Gasteiger partial charge in [-0.25, -0.2) is 0 Å². The fourth-order valence-corrected chi connectivity index (χ4v) is 3.52. The van der Waals surface area contributed by atoms with E-state index in [4.69, 9.17) is 11.6 Å². The van der Waals surface area contributed by atoms with Crippen LogP contribution in [0.25, 0.3) is 0 Å². The normalized spacial score (nSPS) is 25.4. The van der Waals surface area contributed by atoms with E-state index >= 15 is 0 Å². The summed E-state index contributed by atoms with van der Waals surface area (Å²) in [7, 11) is 0. The molecule has 1 atom stereocenters. The van der Waals surface area contributed by atoms with Gasteiger partial charge in [0.15, 0.2) is 0 Å². The second-order valence-electron chi connectivity index (χ2n) is 3.94. The van der Waals surface area contributed by atoms with Crippen molar-refractivity contribution in [3.8, 4) is 0 Å². The number of aldehydes is 1. The molecule has 1 aromatic carbocycles. The quantitative estimate of drug-likeness (QED) is 0.754. The Labute approximate surface area is 99.2 Å². The highest BCUT2D eigenvalue weighted by Gasteiger charge is 2.34. The lowest BCUT2D eigenvalue weighted by Crippen LogP contribution is -2.26. The van der Waals surface area contributed by atoms with Crippen LogP contribution in [0.15, 0.2) is 24.3 Å². The third-order valence-corrected chi connectivity index (χ3v) is 4.49. The van der Waals surface area contributed by atoms with Crippen molar-refractivity contribution in [2.24, 2.45) is 0 Å². The molecular weight excluding hydrogens is 228 g/mol. The Morgan fingerprint density at radius 2 is 2.40 bits per heavy atom. The molecule has 80 valence electrons. The fraction of sp³-hybridized carbons (Fsp3) is 0.417. The maximum Gasteiger partial charge on any atom is 0.136 e. The average Bonchev–Trinajstić information content (AvgIpc) is 2.67. The van der Waals surface area contributed by atoms with Crippen LogP contribution >= 0.6 is 23.4 Å². The minimum atomic E-state index is -0.190. The molecule has 3 heteroatoms. The zero-order valence-electron chi connectivity index (χ0n) is 8.41. The van der Waals surface area contributed by atoms with E-state index in [1.807, 2.05) is 24.3 Å². The van der Waals surface area contributed by atoms with E-state index in [1.165, 1.54) is 0 Å². The Kier molecular flexibility index (Phi) is 3.37. The fourth-order valence-electron chi connectivity index (χ4n) is 1.99. The number of thioether (sulfide) groups is 1. The number of benzene rings is 1. The molecule has 0 aliphatic carbocycles. The van der Waals surface area contributed by atoms with E-state index in [-0.39, 0.29) is 4.75 Å². The summed E-state index contributed by atoms with van der Waals surface area (Å²) < 4.78 is -0.190. The molecule has 0 spiro atoms. The van der Waals surface area contributed by atoms with Crippen LogP contribution in [0.4, 0.5) is 0 Å². The zero-order chi connectivity index (χ0) is 10.7. The van der Waals surface area contributed by atoms with Crippen molar-refractivity contribution in [1.82, 2.24) is 0 Å². The third-order valence-electron chi connectivity index (χ3n) is 2.74. The SMILES string of the molecule is O=CC1(Cc2cccc(Cl)c2)CCCS1. The highest BCUT2D eigenvalue weighted by molar-refractivity contribution is 8.01. The van der Waals surface area contributed by atoms with Crippen molar-refractivity contribution in [3.63, 3.8) is 0 Å². The average molecular weight is 241 g/mol. The third kappa shape index (κ3) is 2.56. The summed E-state index contributed by atoms with van der Waals surface area (Å²) in [6.45, 7) is 0. The van der Waals surface area contributed by atoms with E-state index < -0.39 is 0 Å². The Balaban J connectivity index is 2.16. The lowest BCUT2D eigenvalue weighted by Gasteiger charge is -2.20. The van der Waals surface area contributed by atoms with Crippen LogP contribution in [0, 0.1) is 0 Å². The molecule has 0 bridgehead atoms. The second-order valence-corrected chi connectivity index (χ2v) is 5.89. The van der Waals surface area contributed by atoms with E-state index in [2.05, 4.69) is 0 Å². The topological polar surface area (TPSA) is 17.1 Å². The molecule has 1 heterocycles. The van der Waals surface area contributed by atoms with Crippen molar-refractivity contribution < 1.29 is 4.79 Å². The van der Waals surface area contributed by atoms with Gasteiger partial charge in [-0.2, -0.15) is 0 Å². The van der Waals surface area contributed by atoms with Gasteiger partial charge in [0.05, 0.1) is 4.75 Å². The van der Waals surface area contributed by atoms with Crippen LogP contribution in [0.5, 0.6) is 0 Å². The summed E-state index contributed by atoms with van der Waals surface area (Å²) in [5, 5.41) is 0.747. The molecule has 1 unspecified atom stereocenters. The van der Waals surface area contributed by atoms with Gasteiger partial charge in [-0.15, -0.1) is 11.8 Å². The summed E-state index contributed by atoms with van der Waals surface area (Å²) >= 11 is 7.70. The van der Waals surface area contributed by atoms with Gasteiger partial charge in [-0.3, -0.25) is 0 Å². The number of hydrogen-bond acceptors (Lipinski definition) is 2. The van der Waals surface area contributed by atoms with Gasteiger partial charge >= 0.3 is 0 Å². The maximum absolute atomic E-state index is 11.2. The molecule has 2 rings (SSSR count). The maximum atomic E-state index is 11.2. The van der Waals surface area contributed by atoms with E-state index in [9.17, 15) is 4.79 Å². The first-order valence-electron chi connectivity index (χ1n) is 5.09. The lowest BCUT2D eigenvalue weighted by atomic mass is 9.96. The van der Waals surface area contributed by atoms with E-state index in [0.29, 0.717) is 0 Å². The molecule has 1 fully saturated rings. The molecule has 1 aliphatic heterocycles. The molecule has 0 aromatic heterocycles. The van der Waals surface area contributed by atoms with Crippen LogP contribution in [-0.4, -0.2) is 16.8 Å².